The second-order valence-corrected chi connectivity index (χ2v) is 2.27. The van der Waals surface area contributed by atoms with Gasteiger partial charge in [-0.1, -0.05) is 19.1 Å². The van der Waals surface area contributed by atoms with Gasteiger partial charge in [-0.3, -0.25) is 4.79 Å². The maximum Gasteiger partial charge on any atom is 0.164 e. The van der Waals surface area contributed by atoms with Crippen LogP contribution in [-0.4, -0.2) is 5.78 Å². The first-order chi connectivity index (χ1) is 5.25. The van der Waals surface area contributed by atoms with Gasteiger partial charge in [0, 0.05) is 18.1 Å². The van der Waals surface area contributed by atoms with Crippen molar-refractivity contribution in [2.75, 3.05) is 5.73 Å². The van der Waals surface area contributed by atoms with E-state index in [9.17, 15) is 4.79 Å². The summed E-state index contributed by atoms with van der Waals surface area (Å²) < 4.78 is 0. The molecule has 0 spiro atoms. The topological polar surface area (TPSA) is 43.1 Å². The number of anilines is 1. The van der Waals surface area contributed by atoms with Gasteiger partial charge in [0.05, 0.1) is 5.69 Å². The molecule has 1 aromatic carbocycles. The first-order valence-corrected chi connectivity index (χ1v) is 3.55. The van der Waals surface area contributed by atoms with Crippen LogP contribution in [0.3, 0.4) is 0 Å². The molecule has 1 aromatic rings. The van der Waals surface area contributed by atoms with Crippen LogP contribution in [0.15, 0.2) is 18.2 Å². The van der Waals surface area contributed by atoms with Gasteiger partial charge in [-0.25, -0.2) is 0 Å². The smallest absolute Gasteiger partial charge is 0.164 e. The fourth-order valence-corrected chi connectivity index (χ4v) is 0.883. The molecule has 0 amide bonds. The van der Waals surface area contributed by atoms with Gasteiger partial charge in [-0.2, -0.15) is 0 Å². The standard InChI is InChI=1S/C9H10NO/c1-2-9(11)7-5-3-4-6-8(7)10/h3-5H,2,10H2,1H3. The molecule has 0 atom stereocenters. The average Bonchev–Trinajstić information content (AvgIpc) is 2.04. The molecular formula is C9H10NO. The average molecular weight is 148 g/mol. The maximum atomic E-state index is 11.1. The molecule has 2 nitrogen and oxygen atoms in total. The number of carbonyl (C=O) groups is 1. The molecule has 0 aliphatic carbocycles. The zero-order valence-corrected chi connectivity index (χ0v) is 6.42. The summed E-state index contributed by atoms with van der Waals surface area (Å²) in [5.74, 6) is 0.0688. The summed E-state index contributed by atoms with van der Waals surface area (Å²) in [6.45, 7) is 1.81. The number of nitrogens with two attached hydrogens (primary N) is 1. The van der Waals surface area contributed by atoms with Crippen molar-refractivity contribution in [1.29, 1.82) is 0 Å². The molecule has 2 N–H and O–H groups in total. The van der Waals surface area contributed by atoms with Gasteiger partial charge in [-0.15, -0.1) is 0 Å². The van der Waals surface area contributed by atoms with Crippen LogP contribution < -0.4 is 5.73 Å². The fraction of sp³-hybridized carbons (Fsp3) is 0.222. The second kappa shape index (κ2) is 3.19. The lowest BCUT2D eigenvalue weighted by Crippen LogP contribution is -2.01. The van der Waals surface area contributed by atoms with Crippen LogP contribution >= 0.6 is 0 Å². The molecule has 57 valence electrons. The zero-order valence-electron chi connectivity index (χ0n) is 6.42. The highest BCUT2D eigenvalue weighted by atomic mass is 16.1. The summed E-state index contributed by atoms with van der Waals surface area (Å²) in [5, 5.41) is 0. The van der Waals surface area contributed by atoms with Gasteiger partial charge in [0.1, 0.15) is 0 Å². The fourth-order valence-electron chi connectivity index (χ4n) is 0.883. The summed E-state index contributed by atoms with van der Waals surface area (Å²) in [6.07, 6.45) is 0.488. The molecule has 0 aromatic heterocycles. The van der Waals surface area contributed by atoms with Crippen LogP contribution in [0.5, 0.6) is 0 Å². The third kappa shape index (κ3) is 1.58. The molecule has 0 aliphatic heterocycles. The number of benzene rings is 1. The predicted molar refractivity (Wildman–Crippen MR) is 44.3 cm³/mol. The van der Waals surface area contributed by atoms with E-state index in [4.69, 9.17) is 5.73 Å². The Morgan fingerprint density at radius 3 is 3.00 bits per heavy atom. The number of carbonyl (C=O) groups excluding carboxylic acids is 1. The number of para-hydroxylation sites is 1. The summed E-state index contributed by atoms with van der Waals surface area (Å²) in [7, 11) is 0. The van der Waals surface area contributed by atoms with Gasteiger partial charge >= 0.3 is 0 Å². The lowest BCUT2D eigenvalue weighted by molar-refractivity contribution is 0.0989. The molecule has 0 bridgehead atoms. The van der Waals surface area contributed by atoms with Crippen molar-refractivity contribution in [2.45, 2.75) is 13.3 Å². The van der Waals surface area contributed by atoms with E-state index in [0.29, 0.717) is 17.7 Å². The molecular weight excluding hydrogens is 138 g/mol. The molecule has 1 radical (unpaired) electrons. The molecule has 0 saturated heterocycles. The van der Waals surface area contributed by atoms with Gasteiger partial charge in [0.15, 0.2) is 5.78 Å². The quantitative estimate of drug-likeness (QED) is 0.512. The third-order valence-electron chi connectivity index (χ3n) is 1.51. The lowest BCUT2D eigenvalue weighted by atomic mass is 10.1. The first-order valence-electron chi connectivity index (χ1n) is 3.55. The monoisotopic (exact) mass is 148 g/mol. The van der Waals surface area contributed by atoms with Crippen LogP contribution in [0, 0.1) is 6.07 Å². The Morgan fingerprint density at radius 1 is 1.73 bits per heavy atom. The number of hydrogen-bond acceptors (Lipinski definition) is 2. The van der Waals surface area contributed by atoms with Crippen LogP contribution in [0.2, 0.25) is 0 Å². The van der Waals surface area contributed by atoms with Crippen molar-refractivity contribution in [3.8, 4) is 0 Å². The van der Waals surface area contributed by atoms with E-state index < -0.39 is 0 Å². The molecule has 0 unspecified atom stereocenters. The largest absolute Gasteiger partial charge is 0.398 e. The van der Waals surface area contributed by atoms with Gasteiger partial charge < -0.3 is 5.73 Å². The Kier molecular flexibility index (Phi) is 2.26. The van der Waals surface area contributed by atoms with Crippen molar-refractivity contribution in [3.05, 3.63) is 29.8 Å². The normalized spacial score (nSPS) is 9.55. The summed E-state index contributed by atoms with van der Waals surface area (Å²) in [4.78, 5) is 11.1. The number of nitrogen functional groups attached to an aromatic ring is 1. The van der Waals surface area contributed by atoms with Gasteiger partial charge in [-0.05, 0) is 6.07 Å². The Morgan fingerprint density at radius 2 is 2.45 bits per heavy atom. The van der Waals surface area contributed by atoms with E-state index in [-0.39, 0.29) is 5.78 Å². The summed E-state index contributed by atoms with van der Waals surface area (Å²) in [6, 6.07) is 7.95. The van der Waals surface area contributed by atoms with E-state index in [2.05, 4.69) is 6.07 Å². The van der Waals surface area contributed by atoms with E-state index >= 15 is 0 Å². The Labute approximate surface area is 66.0 Å². The summed E-state index contributed by atoms with van der Waals surface area (Å²) >= 11 is 0. The van der Waals surface area contributed by atoms with Crippen LogP contribution in [0.25, 0.3) is 0 Å². The number of rotatable bonds is 2. The Balaban J connectivity index is 3.03. The number of Topliss-reactive ketones (excluding diaryl/α,β-unsaturated/α-hetero) is 1. The minimum Gasteiger partial charge on any atom is -0.398 e. The van der Waals surface area contributed by atoms with Crippen LogP contribution in [-0.2, 0) is 0 Å². The first kappa shape index (κ1) is 7.79. The summed E-state index contributed by atoms with van der Waals surface area (Å²) in [5.41, 5.74) is 6.54. The number of ketones is 1. The van der Waals surface area contributed by atoms with Crippen molar-refractivity contribution in [1.82, 2.24) is 0 Å². The lowest BCUT2D eigenvalue weighted by Gasteiger charge is -1.99. The second-order valence-electron chi connectivity index (χ2n) is 2.27. The number of hydrogen-bond donors (Lipinski definition) is 1. The molecule has 2 heteroatoms. The minimum atomic E-state index is 0.0688. The van der Waals surface area contributed by atoms with E-state index in [1.54, 1.807) is 18.2 Å². The van der Waals surface area contributed by atoms with Crippen molar-refractivity contribution >= 4 is 11.5 Å². The van der Waals surface area contributed by atoms with Gasteiger partial charge in [0.25, 0.3) is 0 Å². The van der Waals surface area contributed by atoms with Crippen LogP contribution in [0.4, 0.5) is 5.69 Å². The van der Waals surface area contributed by atoms with E-state index in [1.807, 2.05) is 6.92 Å². The van der Waals surface area contributed by atoms with Crippen molar-refractivity contribution in [3.63, 3.8) is 0 Å². The van der Waals surface area contributed by atoms with E-state index in [1.165, 1.54) is 0 Å². The van der Waals surface area contributed by atoms with Crippen molar-refractivity contribution in [2.24, 2.45) is 0 Å². The maximum absolute atomic E-state index is 11.1. The predicted octanol–water partition coefficient (Wildman–Crippen LogP) is 1.66. The van der Waals surface area contributed by atoms with E-state index in [0.717, 1.165) is 0 Å². The Bertz CT molecular complexity index is 268. The molecule has 1 rings (SSSR count). The zero-order chi connectivity index (χ0) is 8.27. The van der Waals surface area contributed by atoms with Crippen molar-refractivity contribution < 1.29 is 4.79 Å². The Hall–Kier alpha value is -1.31. The molecule has 11 heavy (non-hydrogen) atoms. The molecule has 0 aliphatic rings. The third-order valence-corrected chi connectivity index (χ3v) is 1.51. The highest BCUT2D eigenvalue weighted by Gasteiger charge is 2.04. The molecule has 0 saturated carbocycles. The van der Waals surface area contributed by atoms with Crippen LogP contribution in [0.1, 0.15) is 23.7 Å². The SMILES string of the molecule is CCC(=O)c1ccc[c]c1N. The minimum absolute atomic E-state index is 0.0688. The van der Waals surface area contributed by atoms with Gasteiger partial charge in [0.2, 0.25) is 0 Å². The molecule has 0 heterocycles. The highest BCUT2D eigenvalue weighted by Crippen LogP contribution is 2.11. The molecule has 0 fully saturated rings. The highest BCUT2D eigenvalue weighted by molar-refractivity contribution is 6.00.